The molecular weight excluding hydrogens is 258 g/mol. The van der Waals surface area contributed by atoms with Gasteiger partial charge in [-0.3, -0.25) is 4.98 Å². The van der Waals surface area contributed by atoms with Crippen molar-refractivity contribution in [2.45, 2.75) is 51.6 Å². The second-order valence-electron chi connectivity index (χ2n) is 6.83. The molecule has 0 saturated heterocycles. The molecule has 1 N–H and O–H groups in total. The van der Waals surface area contributed by atoms with E-state index in [2.05, 4.69) is 55.3 Å². The molecule has 1 aromatic rings. The molecule has 1 fully saturated rings. The highest BCUT2D eigenvalue weighted by Crippen LogP contribution is 2.32. The molecule has 0 spiro atoms. The number of nitrogens with one attached hydrogen (secondary N) is 1. The molecule has 3 atom stereocenters. The van der Waals surface area contributed by atoms with Gasteiger partial charge < -0.3 is 10.2 Å². The van der Waals surface area contributed by atoms with Crippen LogP contribution < -0.4 is 5.32 Å². The molecule has 3 nitrogen and oxygen atoms in total. The van der Waals surface area contributed by atoms with Crippen LogP contribution in [0, 0.1) is 11.8 Å². The largest absolute Gasteiger partial charge is 0.315 e. The Hall–Kier alpha value is -0.930. The van der Waals surface area contributed by atoms with Crippen LogP contribution in [0.1, 0.15) is 38.8 Å². The van der Waals surface area contributed by atoms with Crippen LogP contribution in [0.4, 0.5) is 0 Å². The molecule has 1 heterocycles. The van der Waals surface area contributed by atoms with Gasteiger partial charge in [0.15, 0.2) is 0 Å². The SMILES string of the molecule is CNC1CCC(C(C)C)CC1N(C)CCc1ccccn1. The van der Waals surface area contributed by atoms with Gasteiger partial charge in [0.1, 0.15) is 0 Å². The lowest BCUT2D eigenvalue weighted by Gasteiger charge is -2.42. The molecule has 0 aromatic carbocycles. The molecule has 0 amide bonds. The zero-order valence-electron chi connectivity index (χ0n) is 14.0. The molecule has 1 aliphatic rings. The highest BCUT2D eigenvalue weighted by molar-refractivity contribution is 5.04. The number of aromatic nitrogens is 1. The van der Waals surface area contributed by atoms with Crippen LogP contribution in [0.3, 0.4) is 0 Å². The van der Waals surface area contributed by atoms with Crippen molar-refractivity contribution in [3.63, 3.8) is 0 Å². The second kappa shape index (κ2) is 7.90. The van der Waals surface area contributed by atoms with Crippen LogP contribution in [0.25, 0.3) is 0 Å². The predicted octanol–water partition coefficient (Wildman–Crippen LogP) is 2.97. The minimum atomic E-state index is 0.633. The van der Waals surface area contributed by atoms with Gasteiger partial charge in [0.2, 0.25) is 0 Å². The molecule has 1 aromatic heterocycles. The summed E-state index contributed by atoms with van der Waals surface area (Å²) in [4.78, 5) is 6.98. The van der Waals surface area contributed by atoms with Gasteiger partial charge in [-0.05, 0) is 57.3 Å². The lowest BCUT2D eigenvalue weighted by molar-refractivity contribution is 0.106. The summed E-state index contributed by atoms with van der Waals surface area (Å²) in [6, 6.07) is 7.47. The molecule has 1 saturated carbocycles. The van der Waals surface area contributed by atoms with Crippen LogP contribution in [-0.4, -0.2) is 42.6 Å². The topological polar surface area (TPSA) is 28.2 Å². The fourth-order valence-electron chi connectivity index (χ4n) is 3.61. The summed E-state index contributed by atoms with van der Waals surface area (Å²) in [6.07, 6.45) is 6.92. The zero-order valence-corrected chi connectivity index (χ0v) is 14.0. The third-order valence-corrected chi connectivity index (χ3v) is 5.18. The number of rotatable bonds is 6. The first-order valence-electron chi connectivity index (χ1n) is 8.39. The van der Waals surface area contributed by atoms with Crippen molar-refractivity contribution in [3.8, 4) is 0 Å². The van der Waals surface area contributed by atoms with Crippen LogP contribution in [-0.2, 0) is 6.42 Å². The van der Waals surface area contributed by atoms with Crippen LogP contribution in [0.15, 0.2) is 24.4 Å². The second-order valence-corrected chi connectivity index (χ2v) is 6.83. The van der Waals surface area contributed by atoms with Gasteiger partial charge in [-0.2, -0.15) is 0 Å². The molecule has 3 unspecified atom stereocenters. The first kappa shape index (κ1) is 16.4. The highest BCUT2D eigenvalue weighted by Gasteiger charge is 2.33. The van der Waals surface area contributed by atoms with E-state index >= 15 is 0 Å². The van der Waals surface area contributed by atoms with E-state index in [-0.39, 0.29) is 0 Å². The van der Waals surface area contributed by atoms with Gasteiger partial charge in [-0.1, -0.05) is 19.9 Å². The molecule has 3 heteroatoms. The molecule has 2 rings (SSSR count). The van der Waals surface area contributed by atoms with Crippen LogP contribution in [0.2, 0.25) is 0 Å². The Morgan fingerprint density at radius 1 is 1.33 bits per heavy atom. The predicted molar refractivity (Wildman–Crippen MR) is 89.4 cm³/mol. The van der Waals surface area contributed by atoms with Gasteiger partial charge in [-0.15, -0.1) is 0 Å². The monoisotopic (exact) mass is 289 g/mol. The summed E-state index contributed by atoms with van der Waals surface area (Å²) in [5, 5.41) is 3.54. The Balaban J connectivity index is 1.92. The van der Waals surface area contributed by atoms with Gasteiger partial charge >= 0.3 is 0 Å². The van der Waals surface area contributed by atoms with E-state index in [1.165, 1.54) is 25.0 Å². The Bertz CT molecular complexity index is 404. The number of likely N-dealkylation sites (N-methyl/N-ethyl adjacent to an activating group) is 2. The summed E-state index contributed by atoms with van der Waals surface area (Å²) in [5.74, 6) is 1.67. The average molecular weight is 289 g/mol. The lowest BCUT2D eigenvalue weighted by atomic mass is 9.76. The van der Waals surface area contributed by atoms with Crippen molar-refractivity contribution < 1.29 is 0 Å². The van der Waals surface area contributed by atoms with Crippen molar-refractivity contribution in [3.05, 3.63) is 30.1 Å². The van der Waals surface area contributed by atoms with Gasteiger partial charge in [0.25, 0.3) is 0 Å². The molecule has 21 heavy (non-hydrogen) atoms. The Labute approximate surface area is 130 Å². The van der Waals surface area contributed by atoms with Crippen molar-refractivity contribution in [2.24, 2.45) is 11.8 Å². The Kier molecular flexibility index (Phi) is 6.19. The number of pyridine rings is 1. The van der Waals surface area contributed by atoms with Crippen LogP contribution >= 0.6 is 0 Å². The number of hydrogen-bond donors (Lipinski definition) is 1. The summed E-state index contributed by atoms with van der Waals surface area (Å²) >= 11 is 0. The standard InChI is InChI=1S/C18H31N3/c1-14(2)15-8-9-17(19-3)18(13-15)21(4)12-10-16-7-5-6-11-20-16/h5-7,11,14-15,17-19H,8-10,12-13H2,1-4H3. The molecule has 0 aliphatic heterocycles. The highest BCUT2D eigenvalue weighted by atomic mass is 15.2. The third kappa shape index (κ3) is 4.52. The maximum Gasteiger partial charge on any atom is 0.0416 e. The first-order chi connectivity index (χ1) is 10.1. The maximum absolute atomic E-state index is 4.44. The Morgan fingerprint density at radius 3 is 2.76 bits per heavy atom. The van der Waals surface area contributed by atoms with E-state index in [9.17, 15) is 0 Å². The smallest absolute Gasteiger partial charge is 0.0416 e. The van der Waals surface area contributed by atoms with Gasteiger partial charge in [-0.25, -0.2) is 0 Å². The lowest BCUT2D eigenvalue weighted by Crippen LogP contribution is -2.52. The van der Waals surface area contributed by atoms with E-state index in [4.69, 9.17) is 0 Å². The van der Waals surface area contributed by atoms with E-state index in [0.29, 0.717) is 12.1 Å². The van der Waals surface area contributed by atoms with Crippen LogP contribution in [0.5, 0.6) is 0 Å². The Morgan fingerprint density at radius 2 is 2.14 bits per heavy atom. The van der Waals surface area contributed by atoms with E-state index in [1.54, 1.807) is 0 Å². The fourth-order valence-corrected chi connectivity index (χ4v) is 3.61. The van der Waals surface area contributed by atoms with E-state index in [0.717, 1.165) is 24.8 Å². The fraction of sp³-hybridized carbons (Fsp3) is 0.722. The average Bonchev–Trinajstić information content (AvgIpc) is 2.52. The minimum absolute atomic E-state index is 0.633. The zero-order chi connectivity index (χ0) is 15.2. The van der Waals surface area contributed by atoms with Crippen molar-refractivity contribution in [1.82, 2.24) is 15.2 Å². The quantitative estimate of drug-likeness (QED) is 0.872. The molecular formula is C18H31N3. The van der Waals surface area contributed by atoms with E-state index in [1.807, 2.05) is 12.3 Å². The minimum Gasteiger partial charge on any atom is -0.315 e. The molecule has 0 bridgehead atoms. The summed E-state index contributed by atoms with van der Waals surface area (Å²) in [5.41, 5.74) is 1.20. The molecule has 0 radical (unpaired) electrons. The van der Waals surface area contributed by atoms with Crippen molar-refractivity contribution in [1.29, 1.82) is 0 Å². The van der Waals surface area contributed by atoms with Crippen molar-refractivity contribution >= 4 is 0 Å². The third-order valence-electron chi connectivity index (χ3n) is 5.18. The first-order valence-corrected chi connectivity index (χ1v) is 8.39. The van der Waals surface area contributed by atoms with E-state index < -0.39 is 0 Å². The van der Waals surface area contributed by atoms with Gasteiger partial charge in [0, 0.05) is 36.9 Å². The summed E-state index contributed by atoms with van der Waals surface area (Å²) < 4.78 is 0. The number of nitrogens with zero attached hydrogens (tertiary/aromatic N) is 2. The molecule has 1 aliphatic carbocycles. The maximum atomic E-state index is 4.44. The molecule has 118 valence electrons. The van der Waals surface area contributed by atoms with Crippen molar-refractivity contribution in [2.75, 3.05) is 20.6 Å². The summed E-state index contributed by atoms with van der Waals surface area (Å²) in [6.45, 7) is 5.83. The summed E-state index contributed by atoms with van der Waals surface area (Å²) in [7, 11) is 4.39. The normalized spacial score (nSPS) is 26.5. The number of hydrogen-bond acceptors (Lipinski definition) is 3. The van der Waals surface area contributed by atoms with Gasteiger partial charge in [0.05, 0.1) is 0 Å².